The number of hydrogen-bond acceptors (Lipinski definition) is 5. The van der Waals surface area contributed by atoms with Gasteiger partial charge in [0.15, 0.2) is 0 Å². The van der Waals surface area contributed by atoms with Gasteiger partial charge in [0.1, 0.15) is 5.69 Å². The number of pyridine rings is 1. The minimum Gasteiger partial charge on any atom is -0.477 e. The van der Waals surface area contributed by atoms with Crippen LogP contribution in [0.2, 0.25) is 0 Å². The van der Waals surface area contributed by atoms with Crippen LogP contribution in [-0.4, -0.2) is 26.2 Å². The van der Waals surface area contributed by atoms with E-state index in [-0.39, 0.29) is 17.1 Å². The summed E-state index contributed by atoms with van der Waals surface area (Å²) in [4.78, 5) is 30.1. The molecule has 7 nitrogen and oxygen atoms in total. The summed E-state index contributed by atoms with van der Waals surface area (Å²) in [5.41, 5.74) is 0.0688. The number of carbonyl (C=O) groups is 1. The molecule has 0 radical (unpaired) electrons. The highest BCUT2D eigenvalue weighted by atomic mass is 16.5. The molecule has 2 aliphatic rings. The van der Waals surface area contributed by atoms with E-state index in [1.54, 1.807) is 6.92 Å². The molecule has 0 spiro atoms. The van der Waals surface area contributed by atoms with Gasteiger partial charge < -0.3 is 14.6 Å². The van der Waals surface area contributed by atoms with Crippen molar-refractivity contribution in [3.05, 3.63) is 33.6 Å². The number of H-pyrrole nitrogens is 1. The van der Waals surface area contributed by atoms with Crippen LogP contribution in [0.15, 0.2) is 15.4 Å². The molecule has 2 fully saturated rings. The number of aromatic carboxylic acids is 1. The van der Waals surface area contributed by atoms with Crippen LogP contribution in [0, 0.1) is 18.8 Å². The minimum absolute atomic E-state index is 0.114. The third kappa shape index (κ3) is 2.99. The van der Waals surface area contributed by atoms with E-state index in [0.717, 1.165) is 12.3 Å². The minimum atomic E-state index is -1.16. The Hall–Kier alpha value is -2.44. The lowest BCUT2D eigenvalue weighted by Crippen LogP contribution is -2.16. The molecule has 25 heavy (non-hydrogen) atoms. The third-order valence-corrected chi connectivity index (χ3v) is 5.55. The zero-order chi connectivity index (χ0) is 17.6. The fourth-order valence-electron chi connectivity index (χ4n) is 4.10. The van der Waals surface area contributed by atoms with E-state index < -0.39 is 11.5 Å². The maximum Gasteiger partial charge on any atom is 0.352 e. The summed E-state index contributed by atoms with van der Waals surface area (Å²) in [6.07, 6.45) is 7.63. The summed E-state index contributed by atoms with van der Waals surface area (Å²) in [6, 6.07) is 1.50. The molecule has 2 saturated carbocycles. The molecular formula is C18H21N3O4. The second kappa shape index (κ2) is 6.13. The summed E-state index contributed by atoms with van der Waals surface area (Å²) in [5.74, 6) is 1.36. The van der Waals surface area contributed by atoms with Crippen molar-refractivity contribution in [2.24, 2.45) is 11.8 Å². The van der Waals surface area contributed by atoms with Crippen molar-refractivity contribution in [3.8, 4) is 11.4 Å². The number of nitrogens with one attached hydrogen (secondary N) is 1. The van der Waals surface area contributed by atoms with E-state index in [0.29, 0.717) is 23.3 Å². The fourth-order valence-corrected chi connectivity index (χ4v) is 4.10. The number of carboxylic acid groups (broad SMARTS) is 1. The smallest absolute Gasteiger partial charge is 0.352 e. The number of nitrogens with zero attached hydrogens (tertiary/aromatic N) is 2. The van der Waals surface area contributed by atoms with E-state index in [2.05, 4.69) is 15.1 Å². The van der Waals surface area contributed by atoms with Crippen molar-refractivity contribution in [2.75, 3.05) is 0 Å². The van der Waals surface area contributed by atoms with Crippen LogP contribution in [0.3, 0.4) is 0 Å². The van der Waals surface area contributed by atoms with Crippen LogP contribution < -0.4 is 5.56 Å². The van der Waals surface area contributed by atoms with Crippen LogP contribution in [0.4, 0.5) is 0 Å². The van der Waals surface area contributed by atoms with Crippen molar-refractivity contribution < 1.29 is 14.4 Å². The molecule has 2 atom stereocenters. The Kier molecular flexibility index (Phi) is 3.94. The summed E-state index contributed by atoms with van der Waals surface area (Å²) >= 11 is 0. The van der Waals surface area contributed by atoms with Crippen LogP contribution in [0.5, 0.6) is 0 Å². The molecule has 0 bridgehead atoms. The second-order valence-corrected chi connectivity index (χ2v) is 7.24. The molecule has 2 aromatic rings. The van der Waals surface area contributed by atoms with Gasteiger partial charge in [0, 0.05) is 5.92 Å². The molecule has 2 heterocycles. The Morgan fingerprint density at radius 3 is 2.80 bits per heavy atom. The van der Waals surface area contributed by atoms with Gasteiger partial charge in [-0.3, -0.25) is 4.79 Å². The van der Waals surface area contributed by atoms with E-state index in [1.165, 1.54) is 38.2 Å². The van der Waals surface area contributed by atoms with Gasteiger partial charge in [-0.15, -0.1) is 0 Å². The van der Waals surface area contributed by atoms with Gasteiger partial charge in [-0.05, 0) is 36.8 Å². The summed E-state index contributed by atoms with van der Waals surface area (Å²) in [5, 5.41) is 13.0. The zero-order valence-electron chi connectivity index (χ0n) is 14.1. The predicted octanol–water partition coefficient (Wildman–Crippen LogP) is 3.12. The maximum absolute atomic E-state index is 12.2. The van der Waals surface area contributed by atoms with Crippen molar-refractivity contribution in [3.63, 3.8) is 0 Å². The number of aromatic amines is 1. The highest BCUT2D eigenvalue weighted by Crippen LogP contribution is 2.54. The SMILES string of the molecule is Cc1cc(-c2noc(C3CC3C3CCCCC3)n2)c(=O)[nH]c1C(=O)O. The van der Waals surface area contributed by atoms with Crippen molar-refractivity contribution >= 4 is 5.97 Å². The lowest BCUT2D eigenvalue weighted by Gasteiger charge is -2.21. The number of aromatic nitrogens is 3. The van der Waals surface area contributed by atoms with E-state index in [1.807, 2.05) is 0 Å². The highest BCUT2D eigenvalue weighted by molar-refractivity contribution is 5.87. The quantitative estimate of drug-likeness (QED) is 0.883. The molecule has 4 rings (SSSR count). The van der Waals surface area contributed by atoms with Crippen LogP contribution in [-0.2, 0) is 0 Å². The normalized spacial score (nSPS) is 23.6. The molecule has 2 unspecified atom stereocenters. The number of carboxylic acids is 1. The molecular weight excluding hydrogens is 322 g/mol. The van der Waals surface area contributed by atoms with Crippen LogP contribution in [0.1, 0.15) is 66.4 Å². The van der Waals surface area contributed by atoms with Crippen molar-refractivity contribution in [2.45, 2.75) is 51.4 Å². The van der Waals surface area contributed by atoms with Gasteiger partial charge in [0.25, 0.3) is 5.56 Å². The van der Waals surface area contributed by atoms with Crippen molar-refractivity contribution in [1.82, 2.24) is 15.1 Å². The topological polar surface area (TPSA) is 109 Å². The van der Waals surface area contributed by atoms with Gasteiger partial charge in [-0.1, -0.05) is 37.3 Å². The van der Waals surface area contributed by atoms with Gasteiger partial charge >= 0.3 is 5.97 Å². The molecule has 0 saturated heterocycles. The first kappa shape index (κ1) is 16.1. The molecule has 7 heteroatoms. The first-order chi connectivity index (χ1) is 12.0. The highest BCUT2D eigenvalue weighted by Gasteiger charge is 2.47. The first-order valence-electron chi connectivity index (χ1n) is 8.86. The van der Waals surface area contributed by atoms with Crippen LogP contribution >= 0.6 is 0 Å². The summed E-state index contributed by atoms with van der Waals surface area (Å²) < 4.78 is 5.41. The zero-order valence-corrected chi connectivity index (χ0v) is 14.1. The Balaban J connectivity index is 1.55. The monoisotopic (exact) mass is 343 g/mol. The second-order valence-electron chi connectivity index (χ2n) is 7.24. The van der Waals surface area contributed by atoms with E-state index in [4.69, 9.17) is 9.63 Å². The van der Waals surface area contributed by atoms with E-state index >= 15 is 0 Å². The Labute approximate surface area is 144 Å². The standard InChI is InChI=1S/C18H21N3O4/c1-9-7-13(16(22)19-14(9)18(23)24)15-20-17(25-21-15)12-8-11(12)10-5-3-2-4-6-10/h7,10-12H,2-6,8H2,1H3,(H,19,22)(H,23,24). The average molecular weight is 343 g/mol. The Morgan fingerprint density at radius 1 is 1.32 bits per heavy atom. The maximum atomic E-state index is 12.2. The molecule has 0 amide bonds. The summed E-state index contributed by atoms with van der Waals surface area (Å²) in [6.45, 7) is 1.63. The van der Waals surface area contributed by atoms with Gasteiger partial charge in [0.2, 0.25) is 11.7 Å². The largest absolute Gasteiger partial charge is 0.477 e. The Morgan fingerprint density at radius 2 is 2.08 bits per heavy atom. The molecule has 0 aromatic carbocycles. The first-order valence-corrected chi connectivity index (χ1v) is 8.86. The molecule has 2 aromatic heterocycles. The number of aryl methyl sites for hydroxylation is 1. The summed E-state index contributed by atoms with van der Waals surface area (Å²) in [7, 11) is 0. The molecule has 2 N–H and O–H groups in total. The van der Waals surface area contributed by atoms with Gasteiger partial charge in [0.05, 0.1) is 5.56 Å². The predicted molar refractivity (Wildman–Crippen MR) is 89.5 cm³/mol. The number of rotatable bonds is 4. The Bertz CT molecular complexity index is 863. The third-order valence-electron chi connectivity index (χ3n) is 5.55. The molecule has 2 aliphatic carbocycles. The number of hydrogen-bond donors (Lipinski definition) is 2. The molecule has 0 aliphatic heterocycles. The van der Waals surface area contributed by atoms with Gasteiger partial charge in [-0.25, -0.2) is 4.79 Å². The van der Waals surface area contributed by atoms with Crippen LogP contribution in [0.25, 0.3) is 11.4 Å². The molecule has 132 valence electrons. The average Bonchev–Trinajstić information content (AvgIpc) is 3.26. The van der Waals surface area contributed by atoms with Crippen molar-refractivity contribution in [1.29, 1.82) is 0 Å². The lowest BCUT2D eigenvalue weighted by atomic mass is 9.85. The van der Waals surface area contributed by atoms with E-state index in [9.17, 15) is 9.59 Å². The van der Waals surface area contributed by atoms with Gasteiger partial charge in [-0.2, -0.15) is 4.98 Å². The fraction of sp³-hybridized carbons (Fsp3) is 0.556. The lowest BCUT2D eigenvalue weighted by molar-refractivity contribution is 0.0689.